The van der Waals surface area contributed by atoms with Crippen molar-refractivity contribution < 1.29 is 102 Å². The number of H-pyrrole nitrogens is 3. The van der Waals surface area contributed by atoms with E-state index in [2.05, 4.69) is 136 Å². The number of nitrogens with two attached hydrogens (primary N) is 2. The Kier molecular flexibility index (Phi) is 44.9. The first-order valence-corrected chi connectivity index (χ1v) is 46.3. The Balaban J connectivity index is 0.0000237. The molecular weight excluding hydrogens is 1920 g/mol. The number of aromatic nitrogens is 11. The fourth-order valence-electron chi connectivity index (χ4n) is 15.2. The number of halogens is 1. The maximum Gasteiger partial charge on any atom is 0.326 e. The van der Waals surface area contributed by atoms with Crippen molar-refractivity contribution in [2.45, 2.75) is 224 Å². The van der Waals surface area contributed by atoms with Crippen molar-refractivity contribution >= 4 is 140 Å². The zero-order valence-electron chi connectivity index (χ0n) is 76.2. The second kappa shape index (κ2) is 56.6. The predicted molar refractivity (Wildman–Crippen MR) is 508 cm³/mol. The number of ketones is 4. The summed E-state index contributed by atoms with van der Waals surface area (Å²) in [6.07, 6.45) is 4.23. The molecule has 0 saturated heterocycles. The highest BCUT2D eigenvalue weighted by atomic mass is 127. The summed E-state index contributed by atoms with van der Waals surface area (Å²) in [7, 11) is 0. The molecule has 10 amide bonds. The number of nitrogens with zero attached hydrogens (tertiary/aromatic N) is 8. The molecule has 9 rings (SSSR count). The number of aliphatic hydroxyl groups excluding tert-OH is 2. The zero-order chi connectivity index (χ0) is 99.7. The lowest BCUT2D eigenvalue weighted by atomic mass is 9.90. The zero-order valence-corrected chi connectivity index (χ0v) is 78.3. The van der Waals surface area contributed by atoms with E-state index < -0.39 is 231 Å². The fraction of sp³-hybridized carbons (Fsp3) is 0.478. The molecule has 1 aliphatic rings. The molecule has 139 heavy (non-hydrogen) atoms. The van der Waals surface area contributed by atoms with Crippen LogP contribution in [0.5, 0.6) is 0 Å². The largest absolute Gasteiger partial charge is 0.481 e. The summed E-state index contributed by atoms with van der Waals surface area (Å²) >= 11 is 2.20. The fourth-order valence-corrected chi connectivity index (χ4v) is 15.6. The predicted octanol–water partition coefficient (Wildman–Crippen LogP) is 0.594. The number of anilines is 2. The molecule has 0 fully saturated rings. The van der Waals surface area contributed by atoms with E-state index in [4.69, 9.17) is 11.6 Å². The van der Waals surface area contributed by atoms with Gasteiger partial charge in [-0.1, -0.05) is 61.5 Å². The van der Waals surface area contributed by atoms with Crippen LogP contribution in [0, 0.1) is 27.2 Å². The number of benzene rings is 3. The molecule has 1 aliphatic heterocycles. The average Bonchev–Trinajstić information content (AvgIpc) is 1.56. The van der Waals surface area contributed by atoms with Crippen molar-refractivity contribution in [2.24, 2.45) is 29.6 Å². The highest BCUT2D eigenvalue weighted by Crippen LogP contribution is 2.24. The Labute approximate surface area is 812 Å². The monoisotopic (exact) mass is 2040 g/mol. The molecule has 12 atom stereocenters. The van der Waals surface area contributed by atoms with E-state index in [1.165, 1.54) is 61.2 Å². The number of carbonyl (C=O) groups excluding carboxylic acids is 14. The average molecular weight is 2040 g/mol. The van der Waals surface area contributed by atoms with Crippen LogP contribution in [0.4, 0.5) is 11.6 Å². The minimum Gasteiger partial charge on any atom is -0.481 e. The number of hydrogen-bond acceptors (Lipinski definition) is 30. The number of aliphatic hydroxyl groups is 2. The highest BCUT2D eigenvalue weighted by Gasteiger charge is 2.38. The van der Waals surface area contributed by atoms with E-state index >= 15 is 4.79 Å². The van der Waals surface area contributed by atoms with Crippen molar-refractivity contribution in [3.05, 3.63) is 170 Å². The molecule has 748 valence electrons. The number of unbranched alkanes of at least 4 members (excludes halogenated alkanes) is 2. The van der Waals surface area contributed by atoms with Gasteiger partial charge in [-0.2, -0.15) is 4.98 Å². The van der Waals surface area contributed by atoms with Gasteiger partial charge >= 0.3 is 11.9 Å². The molecule has 46 nitrogen and oxygen atoms in total. The molecule has 6 heterocycles. The summed E-state index contributed by atoms with van der Waals surface area (Å²) in [5.41, 5.74) is 8.32. The van der Waals surface area contributed by atoms with Gasteiger partial charge in [-0.15, -0.1) is 5.10 Å². The lowest BCUT2D eigenvalue weighted by molar-refractivity contribution is -0.143. The molecule has 0 unspecified atom stereocenters. The Bertz CT molecular complexity index is 5540. The van der Waals surface area contributed by atoms with Gasteiger partial charge in [0.15, 0.2) is 34.3 Å². The molecular formula is C92H121IN24O22. The molecule has 0 radical (unpaired) electrons. The van der Waals surface area contributed by atoms with Crippen LogP contribution in [0.1, 0.15) is 175 Å². The standard InChI is InChI=1S/C91H117IN24O22.CH4/c1-51-81(126)107-67(73(121)36-56(16-6-9-30-97-75(123)19-12-15-53-20-25-60(92)26-21-53)82(127)101-45-66(119)35-58(33-54-13-4-3-5-14-54)83(128)108-68(90(136)137)18-7-10-31-98-77(125)48-138-94)17-8-11-32-116-46-64(114-115-116)40-69(106-76(124)29-24-57(89(134)135)37-72(120)55-22-27-61(28-23-55)99-43-65-44-100-80-79(105-65)88(133)113-91(93)112-80)85(130)109-70(39-63-42-96-50-103-63)86(131)110-71(47-117)74(122)38-59(34-62-41-95-49-102-62)84(129)111-78(52(2)118)87(132)104-51;/h3-5,13-14,20-23,25-28,41-42,44,46,49-52,56-59,67-71,78,99,117-118H,6-12,15-19,24,29-40,43,45,47-48,94H2,1-2H3,(H,95,102)(H,96,103)(H,97,123)(H,98,125)(H,101,127)(H,104,132)(H,106,124)(H,107,126)(H,108,128)(H,109,130)(H,110,131)(H,111,129)(H,134,135)(H,136,137)(H3,93,100,112,113,133);1H4/t51-,52+,56-,57-,58-,59+,67+,68+,69+,70-,71-,78-;/m1./s1. The van der Waals surface area contributed by atoms with Gasteiger partial charge in [0.25, 0.3) is 5.56 Å². The smallest absolute Gasteiger partial charge is 0.326 e. The molecule has 0 saturated carbocycles. The Morgan fingerprint density at radius 3 is 2.01 bits per heavy atom. The maximum atomic E-state index is 15.2. The van der Waals surface area contributed by atoms with E-state index in [9.17, 15) is 97.1 Å². The van der Waals surface area contributed by atoms with Crippen LogP contribution in [0.3, 0.4) is 0 Å². The first kappa shape index (κ1) is 110. The quantitative estimate of drug-likeness (QED) is 0.0107. The van der Waals surface area contributed by atoms with Gasteiger partial charge in [-0.3, -0.25) is 91.2 Å². The summed E-state index contributed by atoms with van der Waals surface area (Å²) in [6, 6.07) is 11.1. The van der Waals surface area contributed by atoms with Gasteiger partial charge in [-0.25, -0.2) is 30.6 Å². The lowest BCUT2D eigenvalue weighted by Gasteiger charge is -2.27. The van der Waals surface area contributed by atoms with Crippen LogP contribution in [-0.4, -0.2) is 251 Å². The number of hydrogen-bond donors (Lipinski definition) is 20. The number of aromatic amines is 3. The van der Waals surface area contributed by atoms with Crippen LogP contribution < -0.4 is 75.7 Å². The molecule has 0 spiro atoms. The van der Waals surface area contributed by atoms with Gasteiger partial charge in [-0.05, 0) is 161 Å². The first-order valence-electron chi connectivity index (χ1n) is 45.2. The van der Waals surface area contributed by atoms with Crippen LogP contribution in [0.25, 0.3) is 11.2 Å². The molecule has 0 aliphatic carbocycles. The van der Waals surface area contributed by atoms with Crippen molar-refractivity contribution in [2.75, 3.05) is 43.9 Å². The van der Waals surface area contributed by atoms with Gasteiger partial charge in [0, 0.05) is 134 Å². The SMILES string of the molecule is C.C[C@H](O)[C@H]1NC(=O)[C@@H](Cc2cnc[nH]2)CC(=O)[C@@H](CO)NC(=O)[C@@H](Cc2cnc[nH]2)NC(=O)[C@@H](NC(=O)CC[C@H](CC(=O)c2ccc(NCc3cnc4nc(N)[nH]c(=O)c4n3)cc2)C(=O)O)Cc2cn(nn2)CCCC[C@@H](C(=O)C[C@@H](CCCCNC(=O)CCCc2ccc(I)cc2)C(=O)NCC(=O)C[C@@H](Cc2ccccc2)C(=O)N[C@@H](CCCCNC(=O)CON)C(=O)O)NC(=O)[C@@H](C)NC1=O. The minimum atomic E-state index is -1.86. The molecule has 3 aromatic carbocycles. The molecule has 8 aromatic rings. The number of Topliss-reactive ketones (excluding diaryl/α,β-unsaturated/α-hetero) is 4. The second-order valence-electron chi connectivity index (χ2n) is 33.8. The number of rotatable bonds is 46. The van der Waals surface area contributed by atoms with Crippen molar-refractivity contribution in [3.8, 4) is 0 Å². The van der Waals surface area contributed by atoms with Crippen LogP contribution in [0.15, 0.2) is 121 Å². The number of fused-ring (bicyclic) bond motifs is 3. The molecule has 5 aromatic heterocycles. The van der Waals surface area contributed by atoms with E-state index in [-0.39, 0.29) is 150 Å². The summed E-state index contributed by atoms with van der Waals surface area (Å²) in [5, 5.41) is 80.3. The van der Waals surface area contributed by atoms with E-state index in [0.717, 1.165) is 16.1 Å². The van der Waals surface area contributed by atoms with E-state index in [1.807, 2.05) is 24.3 Å². The maximum absolute atomic E-state index is 15.2. The number of nitrogens with one attached hydrogen (secondary N) is 14. The number of nitrogen functional groups attached to an aromatic ring is 1. The summed E-state index contributed by atoms with van der Waals surface area (Å²) in [4.78, 5) is 270. The number of carboxylic acid groups (broad SMARTS) is 2. The van der Waals surface area contributed by atoms with Crippen LogP contribution >= 0.6 is 22.6 Å². The first-order chi connectivity index (χ1) is 66.2. The third-order valence-corrected chi connectivity index (χ3v) is 23.6. The lowest BCUT2D eigenvalue weighted by Crippen LogP contribution is -2.58. The number of aryl methyl sites for hydroxylation is 2. The van der Waals surface area contributed by atoms with E-state index in [1.54, 1.807) is 42.5 Å². The number of imidazole rings is 2. The van der Waals surface area contributed by atoms with Crippen molar-refractivity contribution in [3.63, 3.8) is 0 Å². The van der Waals surface area contributed by atoms with Gasteiger partial charge in [0.2, 0.25) is 65.0 Å². The van der Waals surface area contributed by atoms with Crippen molar-refractivity contribution in [1.29, 1.82) is 0 Å². The minimum absolute atomic E-state index is 0. The molecule has 47 heteroatoms. The Morgan fingerprint density at radius 2 is 1.35 bits per heavy atom. The molecule has 22 N–H and O–H groups in total. The highest BCUT2D eigenvalue weighted by molar-refractivity contribution is 14.1. The van der Waals surface area contributed by atoms with E-state index in [0.29, 0.717) is 42.6 Å². The number of aliphatic carboxylic acids is 2. The Morgan fingerprint density at radius 1 is 0.655 bits per heavy atom. The third kappa shape index (κ3) is 37.1. The van der Waals surface area contributed by atoms with Gasteiger partial charge in [0.05, 0.1) is 73.9 Å². The molecule has 2 bridgehead atoms. The summed E-state index contributed by atoms with van der Waals surface area (Å²) in [5.74, 6) is -14.6. The summed E-state index contributed by atoms with van der Waals surface area (Å²) < 4.78 is 2.42. The van der Waals surface area contributed by atoms with Gasteiger partial charge in [0.1, 0.15) is 42.9 Å². The van der Waals surface area contributed by atoms with Crippen LogP contribution in [0.2, 0.25) is 0 Å². The van der Waals surface area contributed by atoms with Gasteiger partial charge < -0.3 is 94.6 Å². The normalized spacial score (nSPS) is 18.2. The third-order valence-electron chi connectivity index (χ3n) is 22.9. The second-order valence-corrected chi connectivity index (χ2v) is 35.0. The van der Waals surface area contributed by atoms with Crippen LogP contribution in [-0.2, 0) is 122 Å². The Hall–Kier alpha value is -14.1. The van der Waals surface area contributed by atoms with Crippen molar-refractivity contribution in [1.82, 2.24) is 108 Å². The number of amides is 10. The number of carbonyl (C=O) groups is 16. The summed E-state index contributed by atoms with van der Waals surface area (Å²) in [6.45, 7) is 0.696. The number of carboxylic acids is 2. The topological polar surface area (TPSA) is 707 Å².